The second kappa shape index (κ2) is 12.3. The molecule has 1 saturated heterocycles. The van der Waals surface area contributed by atoms with Crippen LogP contribution in [0.1, 0.15) is 50.8 Å². The molecule has 0 saturated carbocycles. The summed E-state index contributed by atoms with van der Waals surface area (Å²) in [4.78, 5) is 30.0. The van der Waals surface area contributed by atoms with Gasteiger partial charge in [0.15, 0.2) is 0 Å². The molecule has 8 heteroatoms. The number of benzene rings is 2. The van der Waals surface area contributed by atoms with Crippen molar-refractivity contribution in [2.24, 2.45) is 0 Å². The van der Waals surface area contributed by atoms with Crippen LogP contribution in [-0.4, -0.2) is 43.6 Å². The lowest BCUT2D eigenvalue weighted by Gasteiger charge is -2.34. The third kappa shape index (κ3) is 5.92. The summed E-state index contributed by atoms with van der Waals surface area (Å²) >= 11 is 6.77. The number of piperidine rings is 1. The number of aryl methyl sites for hydroxylation is 2. The number of pyridine rings is 2. The molecular formula is C35H37ClN6O. The van der Waals surface area contributed by atoms with Gasteiger partial charge in [0.1, 0.15) is 5.65 Å². The van der Waals surface area contributed by atoms with E-state index in [0.29, 0.717) is 46.2 Å². The molecule has 0 atom stereocenters. The van der Waals surface area contributed by atoms with Crippen molar-refractivity contribution in [3.8, 4) is 22.3 Å². The minimum Gasteiger partial charge on any atom is -0.324 e. The summed E-state index contributed by atoms with van der Waals surface area (Å²) in [6.45, 7) is 11.2. The van der Waals surface area contributed by atoms with Crippen LogP contribution in [-0.2, 0) is 6.54 Å². The second-order valence-corrected chi connectivity index (χ2v) is 12.0. The molecule has 1 fully saturated rings. The van der Waals surface area contributed by atoms with Crippen LogP contribution in [0.5, 0.6) is 0 Å². The average Bonchev–Trinajstić information content (AvgIpc) is 3.02. The molecule has 3 aromatic heterocycles. The summed E-state index contributed by atoms with van der Waals surface area (Å²) < 4.78 is 1.68. The number of hydrogen-bond acceptors (Lipinski definition) is 6. The summed E-state index contributed by atoms with van der Waals surface area (Å²) in [5.41, 5.74) is 6.83. The first-order chi connectivity index (χ1) is 20.8. The highest BCUT2D eigenvalue weighted by Gasteiger charge is 2.22. The molecule has 4 heterocycles. The number of likely N-dealkylation sites (tertiary alicyclic amines) is 1. The van der Waals surface area contributed by atoms with Crippen molar-refractivity contribution < 1.29 is 0 Å². The zero-order valence-electron chi connectivity index (χ0n) is 25.1. The van der Waals surface area contributed by atoms with Gasteiger partial charge in [0.25, 0.3) is 5.56 Å². The lowest BCUT2D eigenvalue weighted by molar-refractivity contribution is 0.172. The highest BCUT2D eigenvalue weighted by atomic mass is 35.5. The van der Waals surface area contributed by atoms with Gasteiger partial charge in [0.2, 0.25) is 5.95 Å². The Labute approximate surface area is 257 Å². The van der Waals surface area contributed by atoms with E-state index in [1.54, 1.807) is 17.0 Å². The Balaban J connectivity index is 1.25. The highest BCUT2D eigenvalue weighted by Crippen LogP contribution is 2.33. The van der Waals surface area contributed by atoms with Crippen molar-refractivity contribution in [1.29, 1.82) is 0 Å². The summed E-state index contributed by atoms with van der Waals surface area (Å²) in [5.74, 6) is 1.05. The van der Waals surface area contributed by atoms with E-state index in [-0.39, 0.29) is 5.56 Å². The predicted octanol–water partition coefficient (Wildman–Crippen LogP) is 7.83. The Kier molecular flexibility index (Phi) is 8.28. The first kappa shape index (κ1) is 29.0. The summed E-state index contributed by atoms with van der Waals surface area (Å²) in [6.07, 6.45) is 5.91. The smallest absolute Gasteiger partial charge is 0.260 e. The molecule has 0 aliphatic carbocycles. The van der Waals surface area contributed by atoms with Gasteiger partial charge < -0.3 is 10.2 Å². The van der Waals surface area contributed by atoms with E-state index in [1.807, 2.05) is 50.2 Å². The third-order valence-corrected chi connectivity index (χ3v) is 8.93. The van der Waals surface area contributed by atoms with E-state index >= 15 is 0 Å². The Morgan fingerprint density at radius 1 is 0.977 bits per heavy atom. The quantitative estimate of drug-likeness (QED) is 0.207. The monoisotopic (exact) mass is 592 g/mol. The molecule has 1 aliphatic heterocycles. The maximum atomic E-state index is 13.7. The van der Waals surface area contributed by atoms with Gasteiger partial charge in [0.05, 0.1) is 0 Å². The Bertz CT molecular complexity index is 1820. The van der Waals surface area contributed by atoms with Gasteiger partial charge in [-0.2, -0.15) is 4.98 Å². The van der Waals surface area contributed by atoms with E-state index in [4.69, 9.17) is 16.6 Å². The van der Waals surface area contributed by atoms with Crippen molar-refractivity contribution in [3.63, 3.8) is 0 Å². The van der Waals surface area contributed by atoms with Crippen LogP contribution in [0, 0.1) is 6.92 Å². The zero-order chi connectivity index (χ0) is 30.1. The van der Waals surface area contributed by atoms with E-state index in [1.165, 1.54) is 18.4 Å². The molecule has 5 aromatic rings. The van der Waals surface area contributed by atoms with Crippen LogP contribution in [0.25, 0.3) is 33.3 Å². The number of nitrogens with zero attached hydrogens (tertiary/aromatic N) is 5. The number of anilines is 2. The van der Waals surface area contributed by atoms with E-state index in [9.17, 15) is 4.79 Å². The molecule has 6 rings (SSSR count). The van der Waals surface area contributed by atoms with Crippen LogP contribution in [0.2, 0.25) is 5.02 Å². The number of hydrogen-bond donors (Lipinski definition) is 1. The molecule has 1 N–H and O–H groups in total. The lowest BCUT2D eigenvalue weighted by Crippen LogP contribution is -2.37. The molecule has 220 valence electrons. The number of aromatic nitrogens is 4. The fraction of sp³-hybridized carbons (Fsp3) is 0.314. The van der Waals surface area contributed by atoms with Gasteiger partial charge in [-0.05, 0) is 101 Å². The summed E-state index contributed by atoms with van der Waals surface area (Å²) in [6, 6.07) is 20.7. The van der Waals surface area contributed by atoms with Gasteiger partial charge in [0, 0.05) is 63.5 Å². The molecule has 0 unspecified atom stereocenters. The molecule has 7 nitrogen and oxygen atoms in total. The Hall–Kier alpha value is -4.07. The van der Waals surface area contributed by atoms with Crippen LogP contribution < -0.4 is 10.9 Å². The van der Waals surface area contributed by atoms with Gasteiger partial charge in [-0.1, -0.05) is 41.9 Å². The normalized spacial score (nSPS) is 14.5. The number of nitrogens with one attached hydrogen (secondary N) is 1. The minimum absolute atomic E-state index is 0.139. The van der Waals surface area contributed by atoms with Crippen LogP contribution >= 0.6 is 11.6 Å². The number of halogens is 1. The van der Waals surface area contributed by atoms with Crippen LogP contribution in [0.15, 0.2) is 77.9 Å². The Morgan fingerprint density at radius 2 is 1.74 bits per heavy atom. The number of rotatable bonds is 7. The van der Waals surface area contributed by atoms with Gasteiger partial charge in [-0.15, -0.1) is 0 Å². The maximum Gasteiger partial charge on any atom is 0.260 e. The summed E-state index contributed by atoms with van der Waals surface area (Å²) in [7, 11) is 0. The largest absolute Gasteiger partial charge is 0.324 e. The fourth-order valence-corrected chi connectivity index (χ4v) is 6.40. The van der Waals surface area contributed by atoms with E-state index in [2.05, 4.69) is 58.3 Å². The SMILES string of the molecule is CCn1c(=O)c(-c2ccc(-c3cccnc3C)cc2Cl)cc2cnc(Nc3ccc(C4CCN(C(C)C)CC4)cc3)nc21. The first-order valence-corrected chi connectivity index (χ1v) is 15.4. The topological polar surface area (TPSA) is 75.9 Å². The molecule has 2 aromatic carbocycles. The molecule has 43 heavy (non-hydrogen) atoms. The zero-order valence-corrected chi connectivity index (χ0v) is 25.9. The van der Waals surface area contributed by atoms with Gasteiger partial charge in [-0.3, -0.25) is 14.3 Å². The van der Waals surface area contributed by atoms with Crippen molar-refractivity contribution in [1.82, 2.24) is 24.4 Å². The van der Waals surface area contributed by atoms with Crippen molar-refractivity contribution >= 4 is 34.3 Å². The second-order valence-electron chi connectivity index (χ2n) is 11.6. The first-order valence-electron chi connectivity index (χ1n) is 15.1. The molecule has 0 amide bonds. The van der Waals surface area contributed by atoms with Crippen molar-refractivity contribution in [2.75, 3.05) is 18.4 Å². The maximum absolute atomic E-state index is 13.7. The van der Waals surface area contributed by atoms with Crippen LogP contribution in [0.4, 0.5) is 11.6 Å². The van der Waals surface area contributed by atoms with Gasteiger partial charge >= 0.3 is 0 Å². The standard InChI is InChI=1S/C35H37ClN6O/c1-5-42-33-27(19-31(34(42)43)30-13-10-26(20-32(30)36)29-7-6-16-37-23(29)4)21-38-35(40-33)39-28-11-8-24(9-12-28)25-14-17-41(18-15-25)22(2)3/h6-13,16,19-22,25H,5,14-15,17-18H2,1-4H3,(H,38,39,40). The summed E-state index contributed by atoms with van der Waals surface area (Å²) in [5, 5.41) is 4.61. The van der Waals surface area contributed by atoms with E-state index < -0.39 is 0 Å². The third-order valence-electron chi connectivity index (χ3n) is 8.62. The molecule has 0 radical (unpaired) electrons. The fourth-order valence-electron chi connectivity index (χ4n) is 6.11. The molecule has 0 bridgehead atoms. The van der Waals surface area contributed by atoms with Crippen LogP contribution in [0.3, 0.4) is 0 Å². The van der Waals surface area contributed by atoms with E-state index in [0.717, 1.165) is 41.0 Å². The van der Waals surface area contributed by atoms with Crippen molar-refractivity contribution in [3.05, 3.63) is 99.7 Å². The Morgan fingerprint density at radius 3 is 2.42 bits per heavy atom. The van der Waals surface area contributed by atoms with Crippen molar-refractivity contribution in [2.45, 2.75) is 59.0 Å². The molecule has 1 aliphatic rings. The number of fused-ring (bicyclic) bond motifs is 1. The highest BCUT2D eigenvalue weighted by molar-refractivity contribution is 6.33. The minimum atomic E-state index is -0.139. The average molecular weight is 593 g/mol. The predicted molar refractivity (Wildman–Crippen MR) is 176 cm³/mol. The van der Waals surface area contributed by atoms with Gasteiger partial charge in [-0.25, -0.2) is 4.98 Å². The molecule has 0 spiro atoms. The lowest BCUT2D eigenvalue weighted by atomic mass is 9.89. The molecular weight excluding hydrogens is 556 g/mol.